The van der Waals surface area contributed by atoms with Gasteiger partial charge < -0.3 is 19.7 Å². The van der Waals surface area contributed by atoms with Crippen molar-refractivity contribution < 1.29 is 14.3 Å². The molecule has 4 aromatic rings. The Morgan fingerprint density at radius 3 is 2.33 bits per heavy atom. The minimum absolute atomic E-state index is 0.00122. The predicted molar refractivity (Wildman–Crippen MR) is 153 cm³/mol. The molecular formula is C30H35N7O3. The minimum Gasteiger partial charge on any atom is -0.497 e. The van der Waals surface area contributed by atoms with E-state index in [0.29, 0.717) is 25.5 Å². The summed E-state index contributed by atoms with van der Waals surface area (Å²) >= 11 is 0. The zero-order valence-corrected chi connectivity index (χ0v) is 23.2. The first-order valence-electron chi connectivity index (χ1n) is 13.4. The summed E-state index contributed by atoms with van der Waals surface area (Å²) in [7, 11) is 3.31. The zero-order valence-electron chi connectivity index (χ0n) is 23.2. The Hall–Kier alpha value is -4.44. The third-order valence-corrected chi connectivity index (χ3v) is 7.11. The van der Waals surface area contributed by atoms with Gasteiger partial charge in [0.05, 0.1) is 14.2 Å². The normalized spacial score (nSPS) is 15.6. The third-order valence-electron chi connectivity index (χ3n) is 7.11. The molecule has 2 aromatic heterocycles. The number of aromatic nitrogens is 4. The number of aryl methyl sites for hydroxylation is 1. The van der Waals surface area contributed by atoms with E-state index in [0.717, 1.165) is 48.2 Å². The van der Waals surface area contributed by atoms with Crippen LogP contribution in [-0.4, -0.2) is 70.2 Å². The number of benzene rings is 2. The number of nitrogens with zero attached hydrogens (tertiary/aromatic N) is 6. The molecule has 1 saturated heterocycles. The Kier molecular flexibility index (Phi) is 8.56. The highest BCUT2D eigenvalue weighted by molar-refractivity contribution is 5.76. The van der Waals surface area contributed by atoms with E-state index in [9.17, 15) is 4.79 Å². The van der Waals surface area contributed by atoms with Gasteiger partial charge in [-0.25, -0.2) is 9.97 Å². The highest BCUT2D eigenvalue weighted by Crippen LogP contribution is 2.23. The van der Waals surface area contributed by atoms with Crippen LogP contribution in [0, 0.1) is 6.92 Å². The van der Waals surface area contributed by atoms with E-state index in [1.807, 2.05) is 55.6 Å². The van der Waals surface area contributed by atoms with Gasteiger partial charge in [0.15, 0.2) is 0 Å². The molecule has 0 bridgehead atoms. The van der Waals surface area contributed by atoms with Gasteiger partial charge in [-0.1, -0.05) is 24.3 Å². The van der Waals surface area contributed by atoms with Gasteiger partial charge in [-0.3, -0.25) is 14.3 Å². The number of anilines is 1. The molecule has 3 heterocycles. The lowest BCUT2D eigenvalue weighted by Gasteiger charge is -2.42. The second-order valence-electron chi connectivity index (χ2n) is 9.88. The number of nitrogens with one attached hydrogen (secondary N) is 1. The molecule has 208 valence electrons. The van der Waals surface area contributed by atoms with E-state index in [1.54, 1.807) is 31.3 Å². The van der Waals surface area contributed by atoms with E-state index < -0.39 is 0 Å². The number of carbonyl (C=O) groups is 1. The number of ether oxygens (including phenoxy) is 2. The molecule has 1 fully saturated rings. The van der Waals surface area contributed by atoms with Gasteiger partial charge in [-0.15, -0.1) is 0 Å². The highest BCUT2D eigenvalue weighted by Gasteiger charge is 2.30. The molecular weight excluding hydrogens is 506 g/mol. The molecule has 2 aromatic carbocycles. The number of rotatable bonds is 10. The van der Waals surface area contributed by atoms with Crippen molar-refractivity contribution in [2.75, 3.05) is 38.8 Å². The van der Waals surface area contributed by atoms with Crippen LogP contribution in [0.3, 0.4) is 0 Å². The number of hydrogen-bond acceptors (Lipinski definition) is 8. The molecule has 40 heavy (non-hydrogen) atoms. The molecule has 1 atom stereocenters. The summed E-state index contributed by atoms with van der Waals surface area (Å²) in [5.41, 5.74) is 3.08. The van der Waals surface area contributed by atoms with Gasteiger partial charge in [0.2, 0.25) is 11.9 Å². The molecule has 10 heteroatoms. The molecule has 0 radical (unpaired) electrons. The number of piperazine rings is 1. The molecule has 1 aliphatic rings. The van der Waals surface area contributed by atoms with Crippen molar-refractivity contribution in [3.63, 3.8) is 0 Å². The Morgan fingerprint density at radius 1 is 0.975 bits per heavy atom. The summed E-state index contributed by atoms with van der Waals surface area (Å²) in [5, 5.41) is 3.10. The Labute approximate surface area is 234 Å². The van der Waals surface area contributed by atoms with Gasteiger partial charge >= 0.3 is 0 Å². The fourth-order valence-electron chi connectivity index (χ4n) is 4.89. The SMILES string of the molecule is COc1ccc(CNC(=O)CC2CN(c3cc(C)nc(-n4ccnc4)n3)CCN2Cc2ccc(OC)cc2)cc1. The third kappa shape index (κ3) is 6.76. The predicted octanol–water partition coefficient (Wildman–Crippen LogP) is 3.39. The first-order chi connectivity index (χ1) is 19.5. The summed E-state index contributed by atoms with van der Waals surface area (Å²) in [6.45, 7) is 5.45. The van der Waals surface area contributed by atoms with Crippen LogP contribution in [0.15, 0.2) is 73.3 Å². The Bertz CT molecular complexity index is 1390. The van der Waals surface area contributed by atoms with E-state index in [2.05, 4.69) is 37.2 Å². The summed E-state index contributed by atoms with van der Waals surface area (Å²) in [6, 6.07) is 17.8. The largest absolute Gasteiger partial charge is 0.497 e. The van der Waals surface area contributed by atoms with Crippen LogP contribution in [0.4, 0.5) is 5.82 Å². The molecule has 1 unspecified atom stereocenters. The number of imidazole rings is 1. The lowest BCUT2D eigenvalue weighted by Crippen LogP contribution is -2.54. The Morgan fingerprint density at radius 2 is 1.68 bits per heavy atom. The van der Waals surface area contributed by atoms with E-state index in [-0.39, 0.29) is 11.9 Å². The molecule has 0 spiro atoms. The van der Waals surface area contributed by atoms with Crippen LogP contribution in [0.2, 0.25) is 0 Å². The van der Waals surface area contributed by atoms with Crippen molar-refractivity contribution in [2.45, 2.75) is 32.5 Å². The van der Waals surface area contributed by atoms with Gasteiger partial charge in [0, 0.05) is 69.3 Å². The second kappa shape index (κ2) is 12.6. The van der Waals surface area contributed by atoms with Gasteiger partial charge in [-0.2, -0.15) is 4.98 Å². The maximum absolute atomic E-state index is 13.2. The molecule has 0 aliphatic carbocycles. The topological polar surface area (TPSA) is 97.6 Å². The van der Waals surface area contributed by atoms with Crippen molar-refractivity contribution in [3.05, 3.63) is 90.1 Å². The van der Waals surface area contributed by atoms with Gasteiger partial charge in [-0.05, 0) is 42.3 Å². The first kappa shape index (κ1) is 27.1. The van der Waals surface area contributed by atoms with Crippen LogP contribution >= 0.6 is 0 Å². The van der Waals surface area contributed by atoms with Gasteiger partial charge in [0.25, 0.3) is 0 Å². The zero-order chi connectivity index (χ0) is 27.9. The monoisotopic (exact) mass is 541 g/mol. The van der Waals surface area contributed by atoms with E-state index in [1.165, 1.54) is 5.56 Å². The molecule has 1 N–H and O–H groups in total. The Balaban J connectivity index is 1.31. The number of carbonyl (C=O) groups excluding carboxylic acids is 1. The smallest absolute Gasteiger partial charge is 0.237 e. The minimum atomic E-state index is -0.00122. The first-order valence-corrected chi connectivity index (χ1v) is 13.4. The lowest BCUT2D eigenvalue weighted by molar-refractivity contribution is -0.122. The molecule has 1 amide bonds. The van der Waals surface area contributed by atoms with Crippen molar-refractivity contribution >= 4 is 11.7 Å². The standard InChI is InChI=1S/C30H35N7O3/c1-22-16-28(34-30(33-22)37-13-12-31-21-37)36-15-14-35(19-24-6-10-27(40-3)11-7-24)25(20-36)17-29(38)32-18-23-4-8-26(39-2)9-5-23/h4-13,16,21,25H,14-15,17-20H2,1-3H3,(H,32,38). The molecule has 1 aliphatic heterocycles. The number of methoxy groups -OCH3 is 2. The lowest BCUT2D eigenvalue weighted by atomic mass is 10.1. The van der Waals surface area contributed by atoms with Crippen LogP contribution in [0.1, 0.15) is 23.2 Å². The van der Waals surface area contributed by atoms with Crippen LogP contribution in [0.5, 0.6) is 11.5 Å². The highest BCUT2D eigenvalue weighted by atomic mass is 16.5. The van der Waals surface area contributed by atoms with Gasteiger partial charge in [0.1, 0.15) is 23.6 Å². The summed E-state index contributed by atoms with van der Waals surface area (Å²) in [5.74, 6) is 3.07. The summed E-state index contributed by atoms with van der Waals surface area (Å²) in [6.07, 6.45) is 5.62. The van der Waals surface area contributed by atoms with E-state index >= 15 is 0 Å². The maximum atomic E-state index is 13.2. The molecule has 10 nitrogen and oxygen atoms in total. The van der Waals surface area contributed by atoms with Crippen molar-refractivity contribution in [1.82, 2.24) is 29.7 Å². The molecule has 0 saturated carbocycles. The fraction of sp³-hybridized carbons (Fsp3) is 0.333. The number of hydrogen-bond donors (Lipinski definition) is 1. The average molecular weight is 542 g/mol. The van der Waals surface area contributed by atoms with Crippen molar-refractivity contribution in [2.24, 2.45) is 0 Å². The average Bonchev–Trinajstić information content (AvgIpc) is 3.53. The number of amides is 1. The molecule has 5 rings (SSSR count). The fourth-order valence-corrected chi connectivity index (χ4v) is 4.89. The van der Waals surface area contributed by atoms with Crippen LogP contribution < -0.4 is 19.7 Å². The van der Waals surface area contributed by atoms with Crippen LogP contribution in [0.25, 0.3) is 5.95 Å². The summed E-state index contributed by atoms with van der Waals surface area (Å²) < 4.78 is 12.4. The van der Waals surface area contributed by atoms with Crippen molar-refractivity contribution in [3.8, 4) is 17.4 Å². The maximum Gasteiger partial charge on any atom is 0.237 e. The van der Waals surface area contributed by atoms with Crippen molar-refractivity contribution in [1.29, 1.82) is 0 Å². The van der Waals surface area contributed by atoms with E-state index in [4.69, 9.17) is 14.5 Å². The summed E-state index contributed by atoms with van der Waals surface area (Å²) in [4.78, 5) is 31.3. The quantitative estimate of drug-likeness (QED) is 0.326. The second-order valence-corrected chi connectivity index (χ2v) is 9.88. The van der Waals surface area contributed by atoms with Crippen LogP contribution in [-0.2, 0) is 17.9 Å².